The van der Waals surface area contributed by atoms with E-state index in [4.69, 9.17) is 10.8 Å². The van der Waals surface area contributed by atoms with Crippen molar-refractivity contribution in [2.24, 2.45) is 11.7 Å². The van der Waals surface area contributed by atoms with Gasteiger partial charge in [0.15, 0.2) is 0 Å². The topological polar surface area (TPSA) is 210 Å². The molecule has 1 atom stereocenters. The van der Waals surface area contributed by atoms with Crippen LogP contribution in [0.3, 0.4) is 0 Å². The van der Waals surface area contributed by atoms with Crippen LogP contribution in [0.4, 0.5) is 0 Å². The number of hydrogen-bond acceptors (Lipinski definition) is 10. The molecular weight excluding hydrogens is 603 g/mol. The molecule has 0 saturated heterocycles. The Morgan fingerprint density at radius 1 is 0.907 bits per heavy atom. The Labute approximate surface area is 264 Å². The molecule has 1 heterocycles. The van der Waals surface area contributed by atoms with E-state index in [0.717, 1.165) is 44.8 Å². The molecule has 7 N–H and O–H groups in total. The zero-order chi connectivity index (χ0) is 31.7. The molecule has 0 saturated carbocycles. The number of aromatic hydroxyl groups is 2. The number of nitrogens with two attached hydrogens (primary N) is 1. The molecule has 0 bridgehead atoms. The van der Waals surface area contributed by atoms with Gasteiger partial charge in [-0.15, -0.1) is 0 Å². The van der Waals surface area contributed by atoms with Crippen LogP contribution in [0.15, 0.2) is 6.07 Å². The molecule has 1 unspecified atom stereocenters. The number of carbonyl (C=O) groups excluding carboxylic acids is 2. The number of aromatic nitrogens is 1. The molecule has 0 aliphatic heterocycles. The van der Waals surface area contributed by atoms with Crippen LogP contribution in [0.2, 0.25) is 0 Å². The van der Waals surface area contributed by atoms with Crippen molar-refractivity contribution in [1.82, 2.24) is 25.0 Å². The van der Waals surface area contributed by atoms with E-state index < -0.39 is 17.8 Å². The maximum Gasteiger partial charge on any atom is 0.317 e. The van der Waals surface area contributed by atoms with E-state index in [9.17, 15) is 34.5 Å². The molecule has 0 spiro atoms. The molecule has 0 aliphatic carbocycles. The largest absolute Gasteiger partial charge is 0.506 e. The zero-order valence-electron chi connectivity index (χ0n) is 25.4. The van der Waals surface area contributed by atoms with E-state index >= 15 is 0 Å². The number of unbranched alkanes of at least 4 members (excludes halogenated alkanes) is 3. The van der Waals surface area contributed by atoms with E-state index in [-0.39, 0.29) is 84.4 Å². The summed E-state index contributed by atoms with van der Waals surface area (Å²) in [6, 6.07) is 1.14. The molecule has 1 rings (SSSR count). The normalized spacial score (nSPS) is 11.9. The monoisotopic (exact) mass is 651 g/mol. The first kappa shape index (κ1) is 40.0. The molecule has 0 aliphatic rings. The second-order valence-electron chi connectivity index (χ2n) is 10.6. The number of primary amides is 1. The number of carboxylic acids is 2. The Kier molecular flexibility index (Phi) is 20.2. The van der Waals surface area contributed by atoms with Crippen molar-refractivity contribution in [2.75, 3.05) is 52.9 Å². The van der Waals surface area contributed by atoms with E-state index in [0.29, 0.717) is 26.1 Å². The van der Waals surface area contributed by atoms with Gasteiger partial charge in [-0.1, -0.05) is 26.7 Å². The van der Waals surface area contributed by atoms with Crippen LogP contribution in [0, 0.1) is 5.92 Å². The smallest absolute Gasteiger partial charge is 0.317 e. The summed E-state index contributed by atoms with van der Waals surface area (Å²) in [7, 11) is 1.56. The molecule has 245 valence electrons. The number of nitrogens with zero attached hydrogens (tertiary/aromatic N) is 4. The fraction of sp³-hybridized carbons (Fsp3) is 0.679. The van der Waals surface area contributed by atoms with Gasteiger partial charge in [-0.05, 0) is 39.4 Å². The summed E-state index contributed by atoms with van der Waals surface area (Å²) < 4.78 is 0. The van der Waals surface area contributed by atoms with Crippen molar-refractivity contribution in [2.45, 2.75) is 65.5 Å². The van der Waals surface area contributed by atoms with E-state index in [1.54, 1.807) is 18.9 Å². The van der Waals surface area contributed by atoms with Gasteiger partial charge in [0, 0.05) is 68.2 Å². The number of carbonyl (C=O) groups is 4. The van der Waals surface area contributed by atoms with Gasteiger partial charge in [0.05, 0.1) is 24.5 Å². The third-order valence-corrected chi connectivity index (χ3v) is 6.84. The Morgan fingerprint density at radius 3 is 2.07 bits per heavy atom. The first-order valence-corrected chi connectivity index (χ1v) is 14.4. The van der Waals surface area contributed by atoms with Crippen LogP contribution in [0.5, 0.6) is 11.5 Å². The van der Waals surface area contributed by atoms with Crippen molar-refractivity contribution >= 4 is 23.8 Å². The summed E-state index contributed by atoms with van der Waals surface area (Å²) in [4.78, 5) is 55.0. The van der Waals surface area contributed by atoms with Crippen molar-refractivity contribution in [3.63, 3.8) is 0 Å². The summed E-state index contributed by atoms with van der Waals surface area (Å²) in [5, 5.41) is 41.8. The number of pyridine rings is 1. The first-order valence-electron chi connectivity index (χ1n) is 14.4. The minimum Gasteiger partial charge on any atom is -0.506 e. The standard InChI is InChI=1S/C28H48N6O8.Mn/c1-4-33(12-8-6-5-7-11-30-28(42)20(2)9-10-25(29)37)13-14-34(19-27(40)41)17-22-24(36)15-23(35)21(31-22)16-32(3)18-26(38)39;/h15,20,35-36H,4-14,16-19H2,1-3H3,(H2,29,37)(H,30,42)(H,38,39)(H,40,41);. The molecule has 1 aromatic rings. The van der Waals surface area contributed by atoms with E-state index in [1.807, 2.05) is 6.92 Å². The first-order chi connectivity index (χ1) is 19.8. The number of nitrogens with one attached hydrogen (secondary N) is 1. The van der Waals surface area contributed by atoms with E-state index in [1.165, 1.54) is 4.90 Å². The number of aliphatic carboxylic acids is 2. The molecule has 0 fully saturated rings. The Bertz CT molecular complexity index is 1030. The predicted octanol–water partition coefficient (Wildman–Crippen LogP) is 0.793. The number of amides is 2. The fourth-order valence-electron chi connectivity index (χ4n) is 4.37. The maximum atomic E-state index is 12.0. The summed E-state index contributed by atoms with van der Waals surface area (Å²) in [6.07, 6.45) is 4.37. The third-order valence-electron chi connectivity index (χ3n) is 6.84. The fourth-order valence-corrected chi connectivity index (χ4v) is 4.37. The number of hydrogen-bond donors (Lipinski definition) is 6. The van der Waals surface area contributed by atoms with Crippen LogP contribution >= 0.6 is 0 Å². The number of carboxylic acid groups (broad SMARTS) is 2. The minimum atomic E-state index is -1.03. The van der Waals surface area contributed by atoms with E-state index in [2.05, 4.69) is 15.2 Å². The van der Waals surface area contributed by atoms with Crippen molar-refractivity contribution in [1.29, 1.82) is 0 Å². The summed E-state index contributed by atoms with van der Waals surface area (Å²) >= 11 is 0. The Hall–Kier alpha value is -2.97. The van der Waals surface area contributed by atoms with Gasteiger partial charge < -0.3 is 36.4 Å². The van der Waals surface area contributed by atoms with Crippen molar-refractivity contribution < 1.29 is 56.7 Å². The molecule has 1 aromatic heterocycles. The van der Waals surface area contributed by atoms with Gasteiger partial charge >= 0.3 is 11.9 Å². The number of rotatable bonds is 23. The average Bonchev–Trinajstić information content (AvgIpc) is 2.89. The van der Waals surface area contributed by atoms with Crippen LogP contribution < -0.4 is 11.1 Å². The van der Waals surface area contributed by atoms with Crippen molar-refractivity contribution in [3.8, 4) is 11.5 Å². The number of likely N-dealkylation sites (N-methyl/N-ethyl adjacent to an activating group) is 2. The Morgan fingerprint density at radius 2 is 1.49 bits per heavy atom. The summed E-state index contributed by atoms with van der Waals surface area (Å²) in [5.41, 5.74) is 5.52. The minimum absolute atomic E-state index is 0. The molecule has 1 radical (unpaired) electrons. The van der Waals surface area contributed by atoms with Gasteiger partial charge in [-0.25, -0.2) is 4.98 Å². The van der Waals surface area contributed by atoms with Crippen LogP contribution in [-0.2, 0) is 49.3 Å². The van der Waals surface area contributed by atoms with Crippen LogP contribution in [0.25, 0.3) is 0 Å². The van der Waals surface area contributed by atoms with Crippen LogP contribution in [0.1, 0.15) is 63.8 Å². The zero-order valence-corrected chi connectivity index (χ0v) is 26.6. The summed E-state index contributed by atoms with van der Waals surface area (Å²) in [6.45, 7) is 6.58. The summed E-state index contributed by atoms with van der Waals surface area (Å²) in [5.74, 6) is -3.32. The molecule has 2 amide bonds. The SMILES string of the molecule is CCN(CCCCCCNC(=O)C(C)CCC(N)=O)CCN(CC(=O)O)Cc1nc(CN(C)CC(=O)O)c(O)cc1O.[Mn]. The van der Waals surface area contributed by atoms with Gasteiger partial charge in [-0.2, -0.15) is 0 Å². The maximum absolute atomic E-state index is 12.0. The average molecular weight is 652 g/mol. The quantitative estimate of drug-likeness (QED) is 0.0717. The van der Waals surface area contributed by atoms with Gasteiger partial charge in [0.1, 0.15) is 11.5 Å². The predicted molar refractivity (Wildman–Crippen MR) is 156 cm³/mol. The Balaban J connectivity index is 0.0000176. The molecular formula is C28H48MnN6O8. The molecule has 43 heavy (non-hydrogen) atoms. The molecule has 0 aromatic carbocycles. The molecule has 14 nitrogen and oxygen atoms in total. The third kappa shape index (κ3) is 17.7. The van der Waals surface area contributed by atoms with Gasteiger partial charge in [0.2, 0.25) is 11.8 Å². The second kappa shape index (κ2) is 21.7. The van der Waals surface area contributed by atoms with Crippen LogP contribution in [-0.4, -0.2) is 117 Å². The van der Waals surface area contributed by atoms with Gasteiger partial charge in [0.25, 0.3) is 0 Å². The second-order valence-corrected chi connectivity index (χ2v) is 10.6. The van der Waals surface area contributed by atoms with Gasteiger partial charge in [-0.3, -0.25) is 29.0 Å². The molecule has 15 heteroatoms. The van der Waals surface area contributed by atoms with Crippen molar-refractivity contribution in [3.05, 3.63) is 17.5 Å².